The Morgan fingerprint density at radius 1 is 0.348 bits per heavy atom. The molecule has 0 saturated heterocycles. The predicted octanol–water partition coefficient (Wildman–Crippen LogP) is 16.4. The van der Waals surface area contributed by atoms with Crippen LogP contribution in [0.2, 0.25) is 0 Å². The SMILES string of the molecule is CC1(C)c2ccccc2N(c2ccccc2)c2cc3c(cc21)-c1ncccc1-c1cccc(-n2c4ccccc4c4ccccc42)c1-c1c-3cccc1-n1c2ccccc2c2ccccc21. The molecule has 0 atom stereocenters. The lowest BCUT2D eigenvalue weighted by molar-refractivity contribution is 0.632. The lowest BCUT2D eigenvalue weighted by atomic mass is 9.71. The fourth-order valence-corrected chi connectivity index (χ4v) is 11.6. The molecule has 4 nitrogen and oxygen atoms in total. The molecule has 0 unspecified atom stereocenters. The number of anilines is 3. The Hall–Kier alpha value is -8.47. The maximum absolute atomic E-state index is 5.37. The highest BCUT2D eigenvalue weighted by atomic mass is 15.2. The highest BCUT2D eigenvalue weighted by Crippen LogP contribution is 2.58. The van der Waals surface area contributed by atoms with E-state index in [-0.39, 0.29) is 5.41 Å². The maximum Gasteiger partial charge on any atom is 0.0786 e. The summed E-state index contributed by atoms with van der Waals surface area (Å²) in [7, 11) is 0. The van der Waals surface area contributed by atoms with Crippen LogP contribution in [0.5, 0.6) is 0 Å². The molecule has 9 aromatic carbocycles. The number of para-hydroxylation sites is 6. The van der Waals surface area contributed by atoms with Gasteiger partial charge in [0.05, 0.1) is 50.5 Å². The standard InChI is InChI=1S/C62H42N4/c1-62(2)49-28-10-15-33-55(49)64(39-19-4-3-5-20-39)58-38-47-45-26-17-35-57(66-53-31-13-8-23-42(53)43-24-9-14-32-54(43)66)60(45)59-44(46-27-18-36-63-61(46)48(47)37-50(58)62)25-16-34-56(59)65-51-29-11-6-21-40(51)41-22-7-12-30-52(41)65/h3-38H,1-2H3. The molecule has 0 saturated carbocycles. The van der Waals surface area contributed by atoms with Crippen molar-refractivity contribution in [2.24, 2.45) is 0 Å². The van der Waals surface area contributed by atoms with E-state index in [0.717, 1.165) is 50.6 Å². The van der Waals surface area contributed by atoms with Gasteiger partial charge in [0, 0.05) is 61.1 Å². The number of pyridine rings is 1. The van der Waals surface area contributed by atoms with E-state index in [1.165, 1.54) is 77.2 Å². The van der Waals surface area contributed by atoms with Crippen molar-refractivity contribution in [3.63, 3.8) is 0 Å². The molecule has 0 fully saturated rings. The van der Waals surface area contributed by atoms with Gasteiger partial charge in [0.15, 0.2) is 0 Å². The quantitative estimate of drug-likeness (QED) is 0.177. The molecule has 2 aliphatic rings. The summed E-state index contributed by atoms with van der Waals surface area (Å²) < 4.78 is 5.01. The first-order valence-corrected chi connectivity index (χ1v) is 22.9. The topological polar surface area (TPSA) is 26.0 Å². The summed E-state index contributed by atoms with van der Waals surface area (Å²) in [5.74, 6) is 0. The molecule has 66 heavy (non-hydrogen) atoms. The van der Waals surface area contributed by atoms with Crippen LogP contribution in [-0.2, 0) is 5.41 Å². The molecule has 310 valence electrons. The van der Waals surface area contributed by atoms with E-state index in [1.54, 1.807) is 0 Å². The van der Waals surface area contributed by atoms with Crippen molar-refractivity contribution in [3.8, 4) is 56.0 Å². The number of benzene rings is 9. The lowest BCUT2D eigenvalue weighted by Gasteiger charge is -2.43. The summed E-state index contributed by atoms with van der Waals surface area (Å²) >= 11 is 0. The molecule has 0 radical (unpaired) electrons. The third kappa shape index (κ3) is 5.01. The number of fused-ring (bicyclic) bond motifs is 16. The van der Waals surface area contributed by atoms with E-state index in [9.17, 15) is 0 Å². The second-order valence-electron chi connectivity index (χ2n) is 18.3. The van der Waals surface area contributed by atoms with Crippen molar-refractivity contribution < 1.29 is 0 Å². The van der Waals surface area contributed by atoms with Gasteiger partial charge in [0.2, 0.25) is 0 Å². The van der Waals surface area contributed by atoms with Crippen LogP contribution in [0.3, 0.4) is 0 Å². The van der Waals surface area contributed by atoms with Gasteiger partial charge in [-0.25, -0.2) is 0 Å². The van der Waals surface area contributed by atoms with E-state index in [0.29, 0.717) is 0 Å². The minimum Gasteiger partial charge on any atom is -0.310 e. The third-order valence-corrected chi connectivity index (χ3v) is 14.5. The first-order valence-electron chi connectivity index (χ1n) is 22.9. The van der Waals surface area contributed by atoms with Crippen LogP contribution >= 0.6 is 0 Å². The first kappa shape index (κ1) is 37.0. The first-order chi connectivity index (χ1) is 32.6. The second kappa shape index (κ2) is 13.8. The number of nitrogens with zero attached hydrogens (tertiary/aromatic N) is 4. The largest absolute Gasteiger partial charge is 0.310 e. The van der Waals surface area contributed by atoms with E-state index in [4.69, 9.17) is 4.98 Å². The highest BCUT2D eigenvalue weighted by molar-refractivity contribution is 6.15. The molecule has 12 aromatic rings. The van der Waals surface area contributed by atoms with Crippen LogP contribution in [0.25, 0.3) is 99.6 Å². The molecular weight excluding hydrogens is 801 g/mol. The Kier molecular flexibility index (Phi) is 7.71. The van der Waals surface area contributed by atoms with Crippen LogP contribution < -0.4 is 4.90 Å². The zero-order valence-electron chi connectivity index (χ0n) is 36.6. The lowest BCUT2D eigenvalue weighted by Crippen LogP contribution is -2.30. The van der Waals surface area contributed by atoms with Crippen LogP contribution in [0, 0.1) is 0 Å². The molecule has 0 spiro atoms. The molecule has 1 aliphatic heterocycles. The zero-order chi connectivity index (χ0) is 43.7. The summed E-state index contributed by atoms with van der Waals surface area (Å²) in [5.41, 5.74) is 21.7. The smallest absolute Gasteiger partial charge is 0.0786 e. The summed E-state index contributed by atoms with van der Waals surface area (Å²) in [6.07, 6.45) is 1.96. The van der Waals surface area contributed by atoms with E-state index in [1.807, 2.05) is 6.20 Å². The normalized spacial score (nSPS) is 13.4. The van der Waals surface area contributed by atoms with Crippen molar-refractivity contribution in [2.45, 2.75) is 19.3 Å². The second-order valence-corrected chi connectivity index (χ2v) is 18.3. The van der Waals surface area contributed by atoms with Crippen LogP contribution in [0.4, 0.5) is 17.1 Å². The summed E-state index contributed by atoms with van der Waals surface area (Å²) in [6, 6.07) is 78.4. The van der Waals surface area contributed by atoms with E-state index >= 15 is 0 Å². The van der Waals surface area contributed by atoms with Crippen molar-refractivity contribution >= 4 is 60.7 Å². The Morgan fingerprint density at radius 2 is 0.818 bits per heavy atom. The Bertz CT molecular complexity index is 3870. The average Bonchev–Trinajstić information content (AvgIpc) is 3.89. The van der Waals surface area contributed by atoms with Crippen molar-refractivity contribution in [1.82, 2.24) is 14.1 Å². The number of aromatic nitrogens is 3. The molecule has 1 aliphatic carbocycles. The monoisotopic (exact) mass is 842 g/mol. The number of hydrogen-bond acceptors (Lipinski definition) is 2. The Balaban J connectivity index is 1.19. The van der Waals surface area contributed by atoms with Gasteiger partial charge >= 0.3 is 0 Å². The Labute approximate surface area is 382 Å². The van der Waals surface area contributed by atoms with Crippen LogP contribution in [0.15, 0.2) is 219 Å². The van der Waals surface area contributed by atoms with E-state index < -0.39 is 0 Å². The van der Waals surface area contributed by atoms with Gasteiger partial charge in [0.25, 0.3) is 0 Å². The molecule has 3 aromatic heterocycles. The maximum atomic E-state index is 5.37. The molecule has 0 N–H and O–H groups in total. The van der Waals surface area contributed by atoms with Crippen LogP contribution in [-0.4, -0.2) is 14.1 Å². The molecule has 14 rings (SSSR count). The Morgan fingerprint density at radius 3 is 1.39 bits per heavy atom. The van der Waals surface area contributed by atoms with Gasteiger partial charge in [-0.1, -0.05) is 153 Å². The zero-order valence-corrected chi connectivity index (χ0v) is 36.6. The van der Waals surface area contributed by atoms with Crippen molar-refractivity contribution in [3.05, 3.63) is 230 Å². The van der Waals surface area contributed by atoms with Gasteiger partial charge in [0.1, 0.15) is 0 Å². The molecule has 4 heteroatoms. The minimum absolute atomic E-state index is 0.307. The van der Waals surface area contributed by atoms with Gasteiger partial charge in [-0.15, -0.1) is 0 Å². The predicted molar refractivity (Wildman–Crippen MR) is 275 cm³/mol. The minimum atomic E-state index is -0.307. The number of rotatable bonds is 3. The summed E-state index contributed by atoms with van der Waals surface area (Å²) in [5, 5.41) is 4.93. The highest BCUT2D eigenvalue weighted by Gasteiger charge is 2.39. The summed E-state index contributed by atoms with van der Waals surface area (Å²) in [4.78, 5) is 7.85. The van der Waals surface area contributed by atoms with Gasteiger partial charge in [-0.05, 0) is 101 Å². The van der Waals surface area contributed by atoms with Crippen LogP contribution in [0.1, 0.15) is 25.0 Å². The fourth-order valence-electron chi connectivity index (χ4n) is 11.6. The van der Waals surface area contributed by atoms with E-state index in [2.05, 4.69) is 240 Å². The molecular formula is C62H42N4. The molecule has 4 heterocycles. The fraction of sp³-hybridized carbons (Fsp3) is 0.0484. The summed E-state index contributed by atoms with van der Waals surface area (Å²) in [6.45, 7) is 4.76. The number of hydrogen-bond donors (Lipinski definition) is 0. The van der Waals surface area contributed by atoms with Crippen molar-refractivity contribution in [1.29, 1.82) is 0 Å². The molecule has 0 amide bonds. The van der Waals surface area contributed by atoms with Crippen molar-refractivity contribution in [2.75, 3.05) is 4.90 Å². The van der Waals surface area contributed by atoms with Gasteiger partial charge < -0.3 is 14.0 Å². The third-order valence-electron chi connectivity index (χ3n) is 14.5. The average molecular weight is 843 g/mol. The van der Waals surface area contributed by atoms with Gasteiger partial charge in [-0.3, -0.25) is 4.98 Å². The molecule has 0 bridgehead atoms. The van der Waals surface area contributed by atoms with Gasteiger partial charge in [-0.2, -0.15) is 0 Å².